The van der Waals surface area contributed by atoms with Gasteiger partial charge in [-0.3, -0.25) is 4.90 Å². The molecular weight excluding hydrogens is 152 g/mol. The molecule has 1 heterocycles. The second-order valence-corrected chi connectivity index (χ2v) is 3.52. The average Bonchev–Trinajstić information content (AvgIpc) is 1.90. The third-order valence-corrected chi connectivity index (χ3v) is 2.13. The molecule has 1 fully saturated rings. The lowest BCUT2D eigenvalue weighted by molar-refractivity contribution is 0.267. The summed E-state index contributed by atoms with van der Waals surface area (Å²) in [5.74, 6) is 0. The molecule has 2 nitrogen and oxygen atoms in total. The highest BCUT2D eigenvalue weighted by atomic mass is 32.2. The van der Waals surface area contributed by atoms with Gasteiger partial charge < -0.3 is 5.32 Å². The van der Waals surface area contributed by atoms with Gasteiger partial charge in [0.2, 0.25) is 0 Å². The number of piperazine rings is 1. The first-order valence-electron chi connectivity index (χ1n) is 3.11. The van der Waals surface area contributed by atoms with E-state index >= 15 is 0 Å². The fraction of sp³-hybridized carbons (Fsp3) is 1.00. The summed E-state index contributed by atoms with van der Waals surface area (Å²) in [6.07, 6.45) is 0. The number of hydrogen-bond acceptors (Lipinski definition) is 4. The quantitative estimate of drug-likeness (QED) is 0.374. The zero-order valence-corrected chi connectivity index (χ0v) is 7.04. The lowest BCUT2D eigenvalue weighted by Crippen LogP contribution is -2.45. The number of rotatable bonds is 1. The van der Waals surface area contributed by atoms with E-state index in [0.29, 0.717) is 0 Å². The van der Waals surface area contributed by atoms with Crippen molar-refractivity contribution in [1.82, 2.24) is 10.2 Å². The van der Waals surface area contributed by atoms with Crippen LogP contribution in [-0.2, 0) is 0 Å². The Morgan fingerprint density at radius 2 is 1.78 bits per heavy atom. The van der Waals surface area contributed by atoms with Crippen LogP contribution in [0.1, 0.15) is 0 Å². The molecule has 54 valence electrons. The Morgan fingerprint density at radius 3 is 2.11 bits per heavy atom. The number of hydrogen-bond donors (Lipinski definition) is 3. The Kier molecular flexibility index (Phi) is 3.18. The van der Waals surface area contributed by atoms with Crippen molar-refractivity contribution >= 4 is 25.3 Å². The molecule has 1 N–H and O–H groups in total. The molecule has 0 radical (unpaired) electrons. The Bertz CT molecular complexity index is 81.0. The molecule has 0 aromatic carbocycles. The fourth-order valence-electron chi connectivity index (χ4n) is 0.913. The second-order valence-electron chi connectivity index (χ2n) is 2.13. The van der Waals surface area contributed by atoms with E-state index in [0.717, 1.165) is 26.2 Å². The van der Waals surface area contributed by atoms with Crippen molar-refractivity contribution in [2.75, 3.05) is 26.2 Å². The van der Waals surface area contributed by atoms with E-state index in [4.69, 9.17) is 0 Å². The van der Waals surface area contributed by atoms with E-state index in [1.165, 1.54) is 0 Å². The third kappa shape index (κ3) is 2.37. The molecule has 4 heteroatoms. The van der Waals surface area contributed by atoms with E-state index in [-0.39, 0.29) is 4.71 Å². The second kappa shape index (κ2) is 3.71. The number of nitrogens with one attached hydrogen (secondary N) is 1. The maximum atomic E-state index is 4.20. The number of nitrogens with zero attached hydrogens (tertiary/aromatic N) is 1. The van der Waals surface area contributed by atoms with Crippen LogP contribution in [0.25, 0.3) is 0 Å². The summed E-state index contributed by atoms with van der Waals surface area (Å²) in [6.45, 7) is 4.27. The van der Waals surface area contributed by atoms with Gasteiger partial charge in [0.1, 0.15) is 0 Å². The van der Waals surface area contributed by atoms with Crippen LogP contribution in [0.15, 0.2) is 0 Å². The van der Waals surface area contributed by atoms with Crippen LogP contribution in [0.4, 0.5) is 0 Å². The molecular formula is C5H12N2S2. The Morgan fingerprint density at radius 1 is 1.22 bits per heavy atom. The van der Waals surface area contributed by atoms with Gasteiger partial charge in [0, 0.05) is 26.2 Å². The SMILES string of the molecule is SC(S)N1CCNCC1. The molecule has 1 aliphatic rings. The average molecular weight is 164 g/mol. The molecule has 1 aliphatic heterocycles. The van der Waals surface area contributed by atoms with Gasteiger partial charge in [-0.1, -0.05) is 0 Å². The molecule has 0 amide bonds. The molecule has 0 saturated carbocycles. The Labute approximate surface area is 66.8 Å². The zero-order valence-electron chi connectivity index (χ0n) is 5.25. The van der Waals surface area contributed by atoms with Crippen LogP contribution in [-0.4, -0.2) is 35.8 Å². The van der Waals surface area contributed by atoms with E-state index in [1.54, 1.807) is 0 Å². The van der Waals surface area contributed by atoms with Crippen molar-refractivity contribution in [3.8, 4) is 0 Å². The minimum absolute atomic E-state index is 0.118. The standard InChI is InChI=1S/C5H12N2S2/c8-5(9)7-3-1-6-2-4-7/h5-6,8-9H,1-4H2. The van der Waals surface area contributed by atoms with Gasteiger partial charge in [-0.2, -0.15) is 0 Å². The van der Waals surface area contributed by atoms with Crippen molar-refractivity contribution in [3.63, 3.8) is 0 Å². The molecule has 0 aliphatic carbocycles. The monoisotopic (exact) mass is 164 g/mol. The van der Waals surface area contributed by atoms with Gasteiger partial charge in [-0.25, -0.2) is 0 Å². The third-order valence-electron chi connectivity index (χ3n) is 1.48. The maximum absolute atomic E-state index is 4.20. The van der Waals surface area contributed by atoms with Crippen LogP contribution in [0.3, 0.4) is 0 Å². The highest BCUT2D eigenvalue weighted by Crippen LogP contribution is 2.07. The van der Waals surface area contributed by atoms with E-state index in [1.807, 2.05) is 0 Å². The minimum atomic E-state index is 0.118. The van der Waals surface area contributed by atoms with E-state index < -0.39 is 0 Å². The molecule has 1 saturated heterocycles. The summed E-state index contributed by atoms with van der Waals surface area (Å²) >= 11 is 8.41. The molecule has 0 aromatic rings. The summed E-state index contributed by atoms with van der Waals surface area (Å²) in [6, 6.07) is 0. The van der Waals surface area contributed by atoms with E-state index in [9.17, 15) is 0 Å². The van der Waals surface area contributed by atoms with Gasteiger partial charge in [0.25, 0.3) is 0 Å². The smallest absolute Gasteiger partial charge is 0.0970 e. The van der Waals surface area contributed by atoms with Crippen molar-refractivity contribution in [2.24, 2.45) is 0 Å². The van der Waals surface area contributed by atoms with Crippen molar-refractivity contribution in [2.45, 2.75) is 4.71 Å². The van der Waals surface area contributed by atoms with Crippen LogP contribution < -0.4 is 5.32 Å². The Hall–Kier alpha value is 0.620. The van der Waals surface area contributed by atoms with Crippen molar-refractivity contribution < 1.29 is 0 Å². The molecule has 0 aromatic heterocycles. The highest BCUT2D eigenvalue weighted by Gasteiger charge is 2.12. The summed E-state index contributed by atoms with van der Waals surface area (Å²) < 4.78 is 0.118. The Balaban J connectivity index is 2.23. The first-order chi connectivity index (χ1) is 4.30. The van der Waals surface area contributed by atoms with Crippen molar-refractivity contribution in [1.29, 1.82) is 0 Å². The van der Waals surface area contributed by atoms with Gasteiger partial charge in [0.05, 0.1) is 4.71 Å². The van der Waals surface area contributed by atoms with Crippen LogP contribution in [0, 0.1) is 0 Å². The maximum Gasteiger partial charge on any atom is 0.0970 e. The first-order valence-corrected chi connectivity index (χ1v) is 4.15. The van der Waals surface area contributed by atoms with Gasteiger partial charge >= 0.3 is 0 Å². The largest absolute Gasteiger partial charge is 0.314 e. The van der Waals surface area contributed by atoms with Crippen LogP contribution in [0.5, 0.6) is 0 Å². The van der Waals surface area contributed by atoms with Gasteiger partial charge in [-0.05, 0) is 0 Å². The van der Waals surface area contributed by atoms with Gasteiger partial charge in [0.15, 0.2) is 0 Å². The fourth-order valence-corrected chi connectivity index (χ4v) is 1.37. The normalized spacial score (nSPS) is 23.0. The molecule has 9 heavy (non-hydrogen) atoms. The van der Waals surface area contributed by atoms with E-state index in [2.05, 4.69) is 35.5 Å². The number of thiol groups is 2. The van der Waals surface area contributed by atoms with Crippen molar-refractivity contribution in [3.05, 3.63) is 0 Å². The highest BCUT2D eigenvalue weighted by molar-refractivity contribution is 7.99. The zero-order chi connectivity index (χ0) is 6.69. The van der Waals surface area contributed by atoms with Crippen LogP contribution in [0.2, 0.25) is 0 Å². The topological polar surface area (TPSA) is 15.3 Å². The lowest BCUT2D eigenvalue weighted by atomic mass is 10.4. The van der Waals surface area contributed by atoms with Crippen LogP contribution >= 0.6 is 25.3 Å². The minimum Gasteiger partial charge on any atom is -0.314 e. The summed E-state index contributed by atoms with van der Waals surface area (Å²) in [7, 11) is 0. The molecule has 0 atom stereocenters. The predicted molar refractivity (Wildman–Crippen MR) is 46.2 cm³/mol. The summed E-state index contributed by atoms with van der Waals surface area (Å²) in [5, 5.41) is 3.26. The molecule has 0 unspecified atom stereocenters. The molecule has 0 spiro atoms. The summed E-state index contributed by atoms with van der Waals surface area (Å²) in [4.78, 5) is 2.22. The predicted octanol–water partition coefficient (Wildman–Crippen LogP) is 0.0348. The lowest BCUT2D eigenvalue weighted by Gasteiger charge is -2.29. The van der Waals surface area contributed by atoms with Gasteiger partial charge in [-0.15, -0.1) is 25.3 Å². The first kappa shape index (κ1) is 7.72. The molecule has 1 rings (SSSR count). The summed E-state index contributed by atoms with van der Waals surface area (Å²) in [5.41, 5.74) is 0. The molecule has 0 bridgehead atoms.